The molecule has 0 aliphatic heterocycles. The van der Waals surface area contributed by atoms with E-state index in [2.05, 4.69) is 5.32 Å². The Labute approximate surface area is 141 Å². The quantitative estimate of drug-likeness (QED) is 0.713. The van der Waals surface area contributed by atoms with Crippen LogP contribution in [0.15, 0.2) is 12.1 Å². The standard InChI is InChI=1S/C17H25NO6/c1-10(17(20)21)11(2)18-15(19)7-6-12-8-13(22-3)16(24-5)14(9-12)23-4/h8-11H,6-7H2,1-5H3,(H,18,19)(H,20,21). The number of hydrogen-bond donors (Lipinski definition) is 2. The van der Waals surface area contributed by atoms with E-state index in [4.69, 9.17) is 19.3 Å². The minimum Gasteiger partial charge on any atom is -0.493 e. The molecule has 134 valence electrons. The van der Waals surface area contributed by atoms with E-state index in [1.54, 1.807) is 26.0 Å². The summed E-state index contributed by atoms with van der Waals surface area (Å²) in [5, 5.41) is 11.7. The molecule has 0 aliphatic rings. The Morgan fingerprint density at radius 3 is 2.04 bits per heavy atom. The molecule has 1 rings (SSSR count). The number of aliphatic carboxylic acids is 1. The lowest BCUT2D eigenvalue weighted by Crippen LogP contribution is -2.40. The Balaban J connectivity index is 2.73. The third-order valence-electron chi connectivity index (χ3n) is 3.89. The van der Waals surface area contributed by atoms with Crippen molar-refractivity contribution in [2.75, 3.05) is 21.3 Å². The number of benzene rings is 1. The van der Waals surface area contributed by atoms with Gasteiger partial charge in [-0.25, -0.2) is 0 Å². The molecule has 0 bridgehead atoms. The molecule has 0 aliphatic carbocycles. The van der Waals surface area contributed by atoms with E-state index < -0.39 is 17.9 Å². The van der Waals surface area contributed by atoms with E-state index in [0.717, 1.165) is 5.56 Å². The number of rotatable bonds is 9. The van der Waals surface area contributed by atoms with Gasteiger partial charge in [-0.05, 0) is 38.0 Å². The van der Waals surface area contributed by atoms with Crippen molar-refractivity contribution < 1.29 is 28.9 Å². The van der Waals surface area contributed by atoms with Crippen LogP contribution in [0.2, 0.25) is 0 Å². The van der Waals surface area contributed by atoms with Crippen molar-refractivity contribution in [3.8, 4) is 17.2 Å². The summed E-state index contributed by atoms with van der Waals surface area (Å²) in [5.41, 5.74) is 0.860. The number of hydrogen-bond acceptors (Lipinski definition) is 5. The molecule has 0 fully saturated rings. The number of nitrogens with one attached hydrogen (secondary N) is 1. The molecule has 0 saturated heterocycles. The van der Waals surface area contributed by atoms with Crippen molar-refractivity contribution in [1.82, 2.24) is 5.32 Å². The van der Waals surface area contributed by atoms with Gasteiger partial charge in [-0.1, -0.05) is 0 Å². The molecule has 0 radical (unpaired) electrons. The van der Waals surface area contributed by atoms with E-state index >= 15 is 0 Å². The normalized spacial score (nSPS) is 12.9. The van der Waals surface area contributed by atoms with Gasteiger partial charge in [0.05, 0.1) is 27.2 Å². The van der Waals surface area contributed by atoms with E-state index in [1.165, 1.54) is 21.3 Å². The predicted molar refractivity (Wildman–Crippen MR) is 88.8 cm³/mol. The zero-order valence-electron chi connectivity index (χ0n) is 14.7. The first-order valence-electron chi connectivity index (χ1n) is 7.65. The monoisotopic (exact) mass is 339 g/mol. The molecule has 2 atom stereocenters. The van der Waals surface area contributed by atoms with Crippen LogP contribution in [0, 0.1) is 5.92 Å². The Morgan fingerprint density at radius 1 is 1.08 bits per heavy atom. The van der Waals surface area contributed by atoms with Gasteiger partial charge in [0.25, 0.3) is 0 Å². The zero-order chi connectivity index (χ0) is 18.3. The Bertz CT molecular complexity index is 561. The average molecular weight is 339 g/mol. The van der Waals surface area contributed by atoms with Crippen LogP contribution in [0.5, 0.6) is 17.2 Å². The molecule has 24 heavy (non-hydrogen) atoms. The first kappa shape index (κ1) is 19.6. The van der Waals surface area contributed by atoms with Crippen LogP contribution in [0.1, 0.15) is 25.8 Å². The predicted octanol–water partition coefficient (Wildman–Crippen LogP) is 1.87. The first-order valence-corrected chi connectivity index (χ1v) is 7.65. The lowest BCUT2D eigenvalue weighted by Gasteiger charge is -2.18. The lowest BCUT2D eigenvalue weighted by molar-refractivity contribution is -0.142. The second-order valence-corrected chi connectivity index (χ2v) is 5.52. The lowest BCUT2D eigenvalue weighted by atomic mass is 10.0. The number of methoxy groups -OCH3 is 3. The molecule has 1 aromatic rings. The Hall–Kier alpha value is -2.44. The van der Waals surface area contributed by atoms with Crippen molar-refractivity contribution in [2.45, 2.75) is 32.7 Å². The number of carboxylic acid groups (broad SMARTS) is 1. The molecule has 7 nitrogen and oxygen atoms in total. The Morgan fingerprint density at radius 2 is 1.62 bits per heavy atom. The molecule has 0 heterocycles. The van der Waals surface area contributed by atoms with Gasteiger partial charge >= 0.3 is 5.97 Å². The molecule has 0 spiro atoms. The van der Waals surface area contributed by atoms with Crippen molar-refractivity contribution in [2.24, 2.45) is 5.92 Å². The molecular formula is C17H25NO6. The van der Waals surface area contributed by atoms with Gasteiger partial charge < -0.3 is 24.6 Å². The minimum atomic E-state index is -0.938. The number of ether oxygens (including phenoxy) is 3. The van der Waals surface area contributed by atoms with Crippen molar-refractivity contribution in [3.05, 3.63) is 17.7 Å². The van der Waals surface area contributed by atoms with Crippen LogP contribution in [0.25, 0.3) is 0 Å². The van der Waals surface area contributed by atoms with Crippen molar-refractivity contribution in [1.29, 1.82) is 0 Å². The fraction of sp³-hybridized carbons (Fsp3) is 0.529. The SMILES string of the molecule is COc1cc(CCC(=O)NC(C)C(C)C(=O)O)cc(OC)c1OC. The second kappa shape index (κ2) is 9.00. The summed E-state index contributed by atoms with van der Waals surface area (Å²) in [5.74, 6) is -0.232. The maximum Gasteiger partial charge on any atom is 0.308 e. The molecule has 1 aromatic carbocycles. The van der Waals surface area contributed by atoms with Crippen LogP contribution in [0.4, 0.5) is 0 Å². The summed E-state index contributed by atoms with van der Waals surface area (Å²) in [6.07, 6.45) is 0.700. The minimum absolute atomic E-state index is 0.204. The molecule has 1 amide bonds. The van der Waals surface area contributed by atoms with Crippen LogP contribution < -0.4 is 19.5 Å². The summed E-state index contributed by atoms with van der Waals surface area (Å²) < 4.78 is 15.8. The fourth-order valence-electron chi connectivity index (χ4n) is 2.20. The highest BCUT2D eigenvalue weighted by molar-refractivity contribution is 5.78. The smallest absolute Gasteiger partial charge is 0.308 e. The Kier molecular flexibility index (Phi) is 7.35. The van der Waals surface area contributed by atoms with Gasteiger partial charge in [-0.3, -0.25) is 9.59 Å². The van der Waals surface area contributed by atoms with Gasteiger partial charge in [-0.2, -0.15) is 0 Å². The highest BCUT2D eigenvalue weighted by Crippen LogP contribution is 2.38. The van der Waals surface area contributed by atoms with E-state index in [0.29, 0.717) is 23.7 Å². The molecule has 2 N–H and O–H groups in total. The van der Waals surface area contributed by atoms with Gasteiger partial charge in [0.15, 0.2) is 11.5 Å². The van der Waals surface area contributed by atoms with Crippen LogP contribution in [-0.2, 0) is 16.0 Å². The summed E-state index contributed by atoms with van der Waals surface area (Å²) in [7, 11) is 4.59. The average Bonchev–Trinajstić information content (AvgIpc) is 2.57. The molecular weight excluding hydrogens is 314 g/mol. The van der Waals surface area contributed by atoms with E-state index in [9.17, 15) is 9.59 Å². The van der Waals surface area contributed by atoms with Gasteiger partial charge in [-0.15, -0.1) is 0 Å². The summed E-state index contributed by atoms with van der Waals surface area (Å²) in [6.45, 7) is 3.24. The maximum absolute atomic E-state index is 12.0. The number of carbonyl (C=O) groups is 2. The van der Waals surface area contributed by atoms with Gasteiger partial charge in [0, 0.05) is 12.5 Å². The summed E-state index contributed by atoms with van der Waals surface area (Å²) in [4.78, 5) is 22.9. The second-order valence-electron chi connectivity index (χ2n) is 5.52. The summed E-state index contributed by atoms with van der Waals surface area (Å²) in [6, 6.07) is 3.14. The molecule has 7 heteroatoms. The number of amides is 1. The van der Waals surface area contributed by atoms with Crippen molar-refractivity contribution >= 4 is 11.9 Å². The zero-order valence-corrected chi connectivity index (χ0v) is 14.7. The fourth-order valence-corrected chi connectivity index (χ4v) is 2.20. The van der Waals surface area contributed by atoms with Gasteiger partial charge in [0.1, 0.15) is 0 Å². The maximum atomic E-state index is 12.0. The van der Waals surface area contributed by atoms with Crippen LogP contribution >= 0.6 is 0 Å². The molecule has 2 unspecified atom stereocenters. The van der Waals surface area contributed by atoms with E-state index in [1.807, 2.05) is 0 Å². The highest BCUT2D eigenvalue weighted by atomic mass is 16.5. The molecule has 0 aromatic heterocycles. The van der Waals surface area contributed by atoms with Crippen LogP contribution in [0.3, 0.4) is 0 Å². The third-order valence-corrected chi connectivity index (χ3v) is 3.89. The highest BCUT2D eigenvalue weighted by Gasteiger charge is 2.21. The van der Waals surface area contributed by atoms with Gasteiger partial charge in [0.2, 0.25) is 11.7 Å². The number of aryl methyl sites for hydroxylation is 1. The van der Waals surface area contributed by atoms with Crippen LogP contribution in [-0.4, -0.2) is 44.4 Å². The third kappa shape index (κ3) is 5.04. The van der Waals surface area contributed by atoms with E-state index in [-0.39, 0.29) is 12.3 Å². The summed E-state index contributed by atoms with van der Waals surface area (Å²) >= 11 is 0. The topological polar surface area (TPSA) is 94.1 Å². The largest absolute Gasteiger partial charge is 0.493 e. The number of carbonyl (C=O) groups excluding carboxylic acids is 1. The number of carboxylic acids is 1. The van der Waals surface area contributed by atoms with Crippen molar-refractivity contribution in [3.63, 3.8) is 0 Å². The first-order chi connectivity index (χ1) is 11.3. The molecule has 0 saturated carbocycles.